The number of hydrogen-bond acceptors (Lipinski definition) is 10. The fourth-order valence-electron chi connectivity index (χ4n) is 8.10. The molecule has 2 fully saturated rings. The predicted octanol–water partition coefficient (Wildman–Crippen LogP) is 8.93. The number of aliphatic hydroxyl groups is 1. The summed E-state index contributed by atoms with van der Waals surface area (Å²) < 4.78 is 75.6. The number of alkyl halides is 1. The minimum absolute atomic E-state index is 0.00122. The van der Waals surface area contributed by atoms with Crippen LogP contribution in [0.4, 0.5) is 4.39 Å². The van der Waals surface area contributed by atoms with Crippen molar-refractivity contribution in [2.45, 2.75) is 101 Å². The molecular formula is C54H57FO10. The van der Waals surface area contributed by atoms with Gasteiger partial charge in [-0.1, -0.05) is 182 Å². The highest BCUT2D eigenvalue weighted by atomic mass is 19.1. The summed E-state index contributed by atoms with van der Waals surface area (Å²) in [6, 6.07) is 58.3. The molecule has 2 aliphatic heterocycles. The molecule has 0 aliphatic carbocycles. The lowest BCUT2D eigenvalue weighted by Crippen LogP contribution is -2.66. The van der Waals surface area contributed by atoms with E-state index in [0.29, 0.717) is 0 Å². The van der Waals surface area contributed by atoms with Gasteiger partial charge in [-0.05, 0) is 33.4 Å². The molecule has 2 heterocycles. The Kier molecular flexibility index (Phi) is 17.4. The Morgan fingerprint density at radius 3 is 1.11 bits per heavy atom. The maximum absolute atomic E-state index is 15.6. The van der Waals surface area contributed by atoms with Gasteiger partial charge in [-0.2, -0.15) is 0 Å². The first kappa shape index (κ1) is 46.4. The molecule has 11 heteroatoms. The Bertz CT molecular complexity index is 2210. The maximum atomic E-state index is 15.6. The molecule has 65 heavy (non-hydrogen) atoms. The van der Waals surface area contributed by atoms with Gasteiger partial charge >= 0.3 is 0 Å². The first-order chi connectivity index (χ1) is 32.1. The standard InChI is InChI=1S/C54H57FO10/c55-31-45-47(58-33-40-21-9-2-10-22-40)49(59-34-41-23-11-3-12-24-41)52(62-37-44-29-17-6-18-30-44)54(64-45)65-48-46(38-57-32-39-19-7-1-8-20-39)63-53(56)51(61-36-43-27-15-5-16-28-43)50(48)60-35-42-25-13-4-14-26-42/h1-30,45-54,56H,31-38H2/t45-,46-,47-,48-,49+,50+,51-,52-,53+,54+/m1/s1. The Hall–Kier alpha value is -5.15. The average molecular weight is 885 g/mol. The van der Waals surface area contributed by atoms with Crippen LogP contribution >= 0.6 is 0 Å². The predicted molar refractivity (Wildman–Crippen MR) is 242 cm³/mol. The third-order valence-electron chi connectivity index (χ3n) is 11.5. The second-order valence-electron chi connectivity index (χ2n) is 16.2. The van der Waals surface area contributed by atoms with Crippen molar-refractivity contribution in [2.24, 2.45) is 0 Å². The van der Waals surface area contributed by atoms with E-state index < -0.39 is 68.1 Å². The zero-order valence-corrected chi connectivity index (χ0v) is 36.3. The number of hydrogen-bond donors (Lipinski definition) is 1. The van der Waals surface area contributed by atoms with E-state index in [0.717, 1.165) is 33.4 Å². The molecule has 10 nitrogen and oxygen atoms in total. The molecule has 340 valence electrons. The highest BCUT2D eigenvalue weighted by Crippen LogP contribution is 2.36. The molecule has 0 spiro atoms. The molecule has 2 aliphatic rings. The van der Waals surface area contributed by atoms with Crippen molar-refractivity contribution < 1.29 is 52.1 Å². The van der Waals surface area contributed by atoms with E-state index in [1.165, 1.54) is 0 Å². The van der Waals surface area contributed by atoms with Gasteiger partial charge in [-0.25, -0.2) is 4.39 Å². The van der Waals surface area contributed by atoms with Crippen molar-refractivity contribution in [3.8, 4) is 0 Å². The first-order valence-electron chi connectivity index (χ1n) is 22.2. The largest absolute Gasteiger partial charge is 0.374 e. The lowest BCUT2D eigenvalue weighted by atomic mass is 9.96. The summed E-state index contributed by atoms with van der Waals surface area (Å²) in [5, 5.41) is 11.8. The van der Waals surface area contributed by atoms with Gasteiger partial charge in [0.25, 0.3) is 0 Å². The van der Waals surface area contributed by atoms with E-state index in [4.69, 9.17) is 42.6 Å². The second kappa shape index (κ2) is 24.4. The van der Waals surface area contributed by atoms with Crippen LogP contribution in [0.5, 0.6) is 0 Å². The van der Waals surface area contributed by atoms with Crippen LogP contribution in [-0.2, 0) is 82.3 Å². The van der Waals surface area contributed by atoms with Crippen LogP contribution in [0.1, 0.15) is 33.4 Å². The Morgan fingerprint density at radius 2 is 0.708 bits per heavy atom. The van der Waals surface area contributed by atoms with Crippen LogP contribution in [-0.4, -0.2) is 79.8 Å². The molecule has 1 N–H and O–H groups in total. The van der Waals surface area contributed by atoms with Crippen LogP contribution in [0.3, 0.4) is 0 Å². The van der Waals surface area contributed by atoms with Crippen LogP contribution in [0.15, 0.2) is 182 Å². The van der Waals surface area contributed by atoms with Gasteiger partial charge in [0.1, 0.15) is 55.5 Å². The van der Waals surface area contributed by atoms with Crippen molar-refractivity contribution in [1.29, 1.82) is 0 Å². The van der Waals surface area contributed by atoms with Crippen molar-refractivity contribution in [3.05, 3.63) is 215 Å². The second-order valence-corrected chi connectivity index (χ2v) is 16.2. The van der Waals surface area contributed by atoms with Crippen molar-refractivity contribution in [1.82, 2.24) is 0 Å². The zero-order chi connectivity index (χ0) is 44.5. The molecule has 2 saturated heterocycles. The third-order valence-corrected chi connectivity index (χ3v) is 11.5. The van der Waals surface area contributed by atoms with Gasteiger partial charge in [-0.3, -0.25) is 0 Å². The quantitative estimate of drug-likeness (QED) is 0.0712. The third kappa shape index (κ3) is 13.2. The minimum atomic E-state index is -1.43. The van der Waals surface area contributed by atoms with Crippen LogP contribution < -0.4 is 0 Å². The number of aliphatic hydroxyl groups excluding tert-OH is 1. The highest BCUT2D eigenvalue weighted by molar-refractivity contribution is 5.18. The van der Waals surface area contributed by atoms with E-state index in [-0.39, 0.29) is 46.2 Å². The summed E-state index contributed by atoms with van der Waals surface area (Å²) in [4.78, 5) is 0. The van der Waals surface area contributed by atoms with E-state index in [9.17, 15) is 5.11 Å². The van der Waals surface area contributed by atoms with Gasteiger partial charge < -0.3 is 47.7 Å². The van der Waals surface area contributed by atoms with E-state index in [1.54, 1.807) is 0 Å². The molecule has 0 unspecified atom stereocenters. The molecule has 6 aromatic carbocycles. The highest BCUT2D eigenvalue weighted by Gasteiger charge is 2.54. The molecule has 0 bridgehead atoms. The Labute approximate surface area is 380 Å². The van der Waals surface area contributed by atoms with Gasteiger partial charge in [0.2, 0.25) is 0 Å². The maximum Gasteiger partial charge on any atom is 0.187 e. The van der Waals surface area contributed by atoms with E-state index >= 15 is 4.39 Å². The SMILES string of the molecule is O[C@H]1O[C@H](COCc2ccccc2)[C@@H](O[C@@H]2O[C@H](CF)[C@@H](OCc3ccccc3)[C@H](OCc3ccccc3)[C@H]2OCc2ccccc2)[C@H](OCc2ccccc2)[C@H]1OCc1ccccc1. The lowest BCUT2D eigenvalue weighted by Gasteiger charge is -2.49. The summed E-state index contributed by atoms with van der Waals surface area (Å²) in [6.45, 7) is 0.197. The summed E-state index contributed by atoms with van der Waals surface area (Å²) in [7, 11) is 0. The zero-order valence-electron chi connectivity index (χ0n) is 36.3. The van der Waals surface area contributed by atoms with Gasteiger partial charge in [-0.15, -0.1) is 0 Å². The summed E-state index contributed by atoms with van der Waals surface area (Å²) >= 11 is 0. The van der Waals surface area contributed by atoms with Crippen LogP contribution in [0.2, 0.25) is 0 Å². The van der Waals surface area contributed by atoms with Crippen molar-refractivity contribution in [3.63, 3.8) is 0 Å². The molecule has 6 aromatic rings. The fourth-order valence-corrected chi connectivity index (χ4v) is 8.10. The summed E-state index contributed by atoms with van der Waals surface area (Å²) in [5.74, 6) is 0. The van der Waals surface area contributed by atoms with Gasteiger partial charge in [0.05, 0.1) is 46.2 Å². The molecular weight excluding hydrogens is 828 g/mol. The first-order valence-corrected chi connectivity index (χ1v) is 22.2. The Balaban J connectivity index is 1.15. The molecule has 0 aromatic heterocycles. The Morgan fingerprint density at radius 1 is 0.369 bits per heavy atom. The van der Waals surface area contributed by atoms with E-state index in [2.05, 4.69) is 0 Å². The number of benzene rings is 6. The normalized spacial score (nSPS) is 25.6. The molecule has 0 amide bonds. The number of halogens is 1. The minimum Gasteiger partial charge on any atom is -0.374 e. The molecule has 0 radical (unpaired) electrons. The summed E-state index contributed by atoms with van der Waals surface area (Å²) in [6.07, 6.45) is -10.5. The monoisotopic (exact) mass is 884 g/mol. The van der Waals surface area contributed by atoms with Gasteiger partial charge in [0.15, 0.2) is 12.6 Å². The lowest BCUT2D eigenvalue weighted by molar-refractivity contribution is -0.372. The van der Waals surface area contributed by atoms with Crippen LogP contribution in [0, 0.1) is 0 Å². The number of rotatable bonds is 22. The van der Waals surface area contributed by atoms with E-state index in [1.807, 2.05) is 182 Å². The molecule has 10 atom stereocenters. The number of ether oxygens (including phenoxy) is 9. The van der Waals surface area contributed by atoms with Crippen molar-refractivity contribution in [2.75, 3.05) is 13.3 Å². The van der Waals surface area contributed by atoms with Crippen LogP contribution in [0.25, 0.3) is 0 Å². The molecule has 8 rings (SSSR count). The average Bonchev–Trinajstić information content (AvgIpc) is 3.36. The van der Waals surface area contributed by atoms with Gasteiger partial charge in [0, 0.05) is 0 Å². The smallest absolute Gasteiger partial charge is 0.187 e. The summed E-state index contributed by atoms with van der Waals surface area (Å²) in [5.41, 5.74) is 5.46. The topological polar surface area (TPSA) is 103 Å². The fraction of sp³-hybridized carbons (Fsp3) is 0.333. The van der Waals surface area contributed by atoms with Crippen molar-refractivity contribution >= 4 is 0 Å². The molecule has 0 saturated carbocycles.